The molecule has 0 unspecified atom stereocenters. The number of nitrogens with one attached hydrogen (secondary N) is 1. The van der Waals surface area contributed by atoms with Crippen molar-refractivity contribution in [2.45, 2.75) is 0 Å². The van der Waals surface area contributed by atoms with E-state index in [0.29, 0.717) is 19.8 Å². The first-order chi connectivity index (χ1) is 14.3. The molecular formula is C21H21N5O2S. The zero-order valence-corrected chi connectivity index (χ0v) is 16.9. The van der Waals surface area contributed by atoms with Gasteiger partial charge in [0.15, 0.2) is 11.6 Å². The number of anilines is 1. The molecule has 0 saturated carbocycles. The molecule has 29 heavy (non-hydrogen) atoms. The summed E-state index contributed by atoms with van der Waals surface area (Å²) in [7, 11) is 1.69. The maximum atomic E-state index is 5.55. The van der Waals surface area contributed by atoms with Crippen LogP contribution in [-0.2, 0) is 9.47 Å². The van der Waals surface area contributed by atoms with Crippen molar-refractivity contribution >= 4 is 44.4 Å². The van der Waals surface area contributed by atoms with Crippen LogP contribution in [0.2, 0.25) is 0 Å². The van der Waals surface area contributed by atoms with Crippen molar-refractivity contribution in [3.8, 4) is 11.4 Å². The summed E-state index contributed by atoms with van der Waals surface area (Å²) in [5, 5.41) is 8.23. The predicted molar refractivity (Wildman–Crippen MR) is 116 cm³/mol. The molecule has 4 aromatic rings. The second kappa shape index (κ2) is 7.90. The molecule has 0 aliphatic carbocycles. The molecule has 1 aliphatic heterocycles. The van der Waals surface area contributed by atoms with Crippen molar-refractivity contribution in [3.05, 3.63) is 41.4 Å². The molecule has 5 rings (SSSR count). The molecule has 8 heteroatoms. The molecule has 7 nitrogen and oxygen atoms in total. The Hall–Kier alpha value is -2.81. The minimum absolute atomic E-state index is 0.587. The summed E-state index contributed by atoms with van der Waals surface area (Å²) in [6, 6.07) is 8.19. The van der Waals surface area contributed by atoms with E-state index in [9.17, 15) is 0 Å². The van der Waals surface area contributed by atoms with Crippen LogP contribution in [0, 0.1) is 0 Å². The maximum absolute atomic E-state index is 5.55. The van der Waals surface area contributed by atoms with Gasteiger partial charge in [-0.2, -0.15) is 5.10 Å². The van der Waals surface area contributed by atoms with E-state index in [-0.39, 0.29) is 0 Å². The number of aromatic nitrogens is 4. The highest BCUT2D eigenvalue weighted by Gasteiger charge is 2.20. The van der Waals surface area contributed by atoms with E-state index in [1.54, 1.807) is 18.4 Å². The average molecular weight is 407 g/mol. The molecule has 3 aromatic heterocycles. The Balaban J connectivity index is 1.67. The van der Waals surface area contributed by atoms with Gasteiger partial charge in [-0.15, -0.1) is 11.3 Å². The normalized spacial score (nSPS) is 15.1. The van der Waals surface area contributed by atoms with Gasteiger partial charge in [-0.1, -0.05) is 18.2 Å². The molecule has 1 aliphatic rings. The number of fused-ring (bicyclic) bond motifs is 2. The highest BCUT2D eigenvalue weighted by Crippen LogP contribution is 2.36. The zero-order chi connectivity index (χ0) is 19.6. The summed E-state index contributed by atoms with van der Waals surface area (Å²) in [6.45, 7) is 3.67. The standard InChI is InChI=1S/C21H21N5O2S/c1-27-9-3-4-14-12-18-19(29-14)21(26-7-10-28-11-8-26)24-20(23-18)15-5-2-6-17-16(15)13-22-25-17/h2-6,12-13H,7-11H2,1H3,(H,22,25)/b4-3+. The summed E-state index contributed by atoms with van der Waals surface area (Å²) >= 11 is 1.71. The van der Waals surface area contributed by atoms with Gasteiger partial charge in [-0.3, -0.25) is 5.10 Å². The highest BCUT2D eigenvalue weighted by molar-refractivity contribution is 7.20. The average Bonchev–Trinajstić information content (AvgIpc) is 3.40. The predicted octanol–water partition coefficient (Wildman–Crippen LogP) is 3.73. The minimum Gasteiger partial charge on any atom is -0.381 e. The lowest BCUT2D eigenvalue weighted by Crippen LogP contribution is -2.36. The molecular weight excluding hydrogens is 386 g/mol. The first kappa shape index (κ1) is 18.2. The van der Waals surface area contributed by atoms with Gasteiger partial charge in [-0.05, 0) is 18.2 Å². The third-order valence-electron chi connectivity index (χ3n) is 4.95. The second-order valence-corrected chi connectivity index (χ2v) is 7.91. The number of nitrogens with zero attached hydrogens (tertiary/aromatic N) is 4. The number of ether oxygens (including phenoxy) is 2. The molecule has 0 atom stereocenters. The van der Waals surface area contributed by atoms with Crippen molar-refractivity contribution in [2.75, 3.05) is 44.9 Å². The first-order valence-corrected chi connectivity index (χ1v) is 10.4. The SMILES string of the molecule is COC/C=C/c1cc2nc(-c3cccc4[nH]ncc34)nc(N3CCOCC3)c2s1. The van der Waals surface area contributed by atoms with Gasteiger partial charge >= 0.3 is 0 Å². The lowest BCUT2D eigenvalue weighted by molar-refractivity contribution is 0.122. The fourth-order valence-electron chi connectivity index (χ4n) is 3.55. The fourth-order valence-corrected chi connectivity index (χ4v) is 4.59. The Morgan fingerprint density at radius 1 is 1.28 bits per heavy atom. The van der Waals surface area contributed by atoms with Crippen LogP contribution < -0.4 is 4.90 Å². The van der Waals surface area contributed by atoms with Crippen LogP contribution in [0.1, 0.15) is 4.88 Å². The Bertz CT molecular complexity index is 1180. The van der Waals surface area contributed by atoms with Crippen LogP contribution in [0.25, 0.3) is 38.6 Å². The number of hydrogen-bond donors (Lipinski definition) is 1. The maximum Gasteiger partial charge on any atom is 0.162 e. The summed E-state index contributed by atoms with van der Waals surface area (Å²) in [6.07, 6.45) is 5.92. The number of morpholine rings is 1. The largest absolute Gasteiger partial charge is 0.381 e. The number of H-pyrrole nitrogens is 1. The molecule has 0 spiro atoms. The van der Waals surface area contributed by atoms with Crippen LogP contribution in [0.5, 0.6) is 0 Å². The fraction of sp³-hybridized carbons (Fsp3) is 0.286. The van der Waals surface area contributed by atoms with Gasteiger partial charge < -0.3 is 14.4 Å². The molecule has 1 N–H and O–H groups in total. The van der Waals surface area contributed by atoms with Crippen molar-refractivity contribution in [2.24, 2.45) is 0 Å². The topological polar surface area (TPSA) is 76.2 Å². The highest BCUT2D eigenvalue weighted by atomic mass is 32.1. The number of hydrogen-bond acceptors (Lipinski definition) is 7. The van der Waals surface area contributed by atoms with E-state index in [4.69, 9.17) is 19.4 Å². The van der Waals surface area contributed by atoms with Crippen LogP contribution in [0.4, 0.5) is 5.82 Å². The van der Waals surface area contributed by atoms with Crippen LogP contribution >= 0.6 is 11.3 Å². The molecule has 148 valence electrons. The van der Waals surface area contributed by atoms with Crippen molar-refractivity contribution in [1.82, 2.24) is 20.2 Å². The van der Waals surface area contributed by atoms with Crippen molar-refractivity contribution < 1.29 is 9.47 Å². The quantitative estimate of drug-likeness (QED) is 0.543. The Morgan fingerprint density at radius 3 is 3.03 bits per heavy atom. The van der Waals surface area contributed by atoms with Gasteiger partial charge in [-0.25, -0.2) is 9.97 Å². The molecule has 0 radical (unpaired) electrons. The number of benzene rings is 1. The van der Waals surface area contributed by atoms with Gasteiger partial charge in [0, 0.05) is 36.0 Å². The number of aromatic amines is 1. The number of methoxy groups -OCH3 is 1. The smallest absolute Gasteiger partial charge is 0.162 e. The third kappa shape index (κ3) is 3.50. The van der Waals surface area contributed by atoms with Crippen LogP contribution in [0.15, 0.2) is 36.5 Å². The zero-order valence-electron chi connectivity index (χ0n) is 16.1. The number of thiophene rings is 1. The van der Waals surface area contributed by atoms with E-state index in [1.807, 2.05) is 30.5 Å². The van der Waals surface area contributed by atoms with E-state index >= 15 is 0 Å². The summed E-state index contributed by atoms with van der Waals surface area (Å²) in [5.41, 5.74) is 2.92. The lowest BCUT2D eigenvalue weighted by Gasteiger charge is -2.28. The number of rotatable bonds is 5. The first-order valence-electron chi connectivity index (χ1n) is 9.56. The van der Waals surface area contributed by atoms with E-state index in [0.717, 1.165) is 56.3 Å². The molecule has 1 aromatic carbocycles. The van der Waals surface area contributed by atoms with E-state index in [1.165, 1.54) is 0 Å². The third-order valence-corrected chi connectivity index (χ3v) is 6.04. The van der Waals surface area contributed by atoms with E-state index in [2.05, 4.69) is 27.2 Å². The molecule has 0 bridgehead atoms. The molecule has 1 saturated heterocycles. The van der Waals surface area contributed by atoms with Crippen LogP contribution in [-0.4, -0.2) is 60.2 Å². The van der Waals surface area contributed by atoms with Gasteiger partial charge in [0.2, 0.25) is 0 Å². The van der Waals surface area contributed by atoms with Crippen molar-refractivity contribution in [3.63, 3.8) is 0 Å². The monoisotopic (exact) mass is 407 g/mol. The summed E-state index contributed by atoms with van der Waals surface area (Å²) in [5.74, 6) is 1.70. The van der Waals surface area contributed by atoms with E-state index < -0.39 is 0 Å². The van der Waals surface area contributed by atoms with Crippen molar-refractivity contribution in [1.29, 1.82) is 0 Å². The Labute approximate surface area is 172 Å². The minimum atomic E-state index is 0.587. The summed E-state index contributed by atoms with van der Waals surface area (Å²) in [4.78, 5) is 13.4. The van der Waals surface area contributed by atoms with Gasteiger partial charge in [0.05, 0.1) is 41.8 Å². The molecule has 1 fully saturated rings. The lowest BCUT2D eigenvalue weighted by atomic mass is 10.1. The van der Waals surface area contributed by atoms with Gasteiger partial charge in [0.1, 0.15) is 0 Å². The molecule has 0 amide bonds. The summed E-state index contributed by atoms with van der Waals surface area (Å²) < 4.78 is 11.8. The van der Waals surface area contributed by atoms with Crippen LogP contribution in [0.3, 0.4) is 0 Å². The van der Waals surface area contributed by atoms with Gasteiger partial charge in [0.25, 0.3) is 0 Å². The molecule has 4 heterocycles. The Kier molecular flexibility index (Phi) is 4.97. The Morgan fingerprint density at radius 2 is 2.17 bits per heavy atom. The second-order valence-electron chi connectivity index (χ2n) is 6.83.